The van der Waals surface area contributed by atoms with Crippen molar-refractivity contribution in [2.75, 3.05) is 36.4 Å². The minimum atomic E-state index is 0. The molecular weight excluding hydrogens is 369 g/mol. The van der Waals surface area contributed by atoms with Crippen molar-refractivity contribution in [2.24, 2.45) is 11.8 Å². The lowest BCUT2D eigenvalue weighted by Gasteiger charge is -2.31. The molecule has 2 fully saturated rings. The number of piperidine rings is 2. The number of hydrogen-bond acceptors (Lipinski definition) is 3. The van der Waals surface area contributed by atoms with Crippen molar-refractivity contribution < 1.29 is 4.79 Å². The smallest absolute Gasteiger partial charge is 0.224 e. The first-order valence-corrected chi connectivity index (χ1v) is 9.58. The molecule has 0 spiro atoms. The van der Waals surface area contributed by atoms with Gasteiger partial charge in [-0.05, 0) is 69.2 Å². The number of hydrogen-bond donors (Lipinski definition) is 2. The van der Waals surface area contributed by atoms with E-state index in [0.29, 0.717) is 18.3 Å². The quantitative estimate of drug-likeness (QED) is 0.763. The average molecular weight is 402 g/mol. The summed E-state index contributed by atoms with van der Waals surface area (Å²) < 4.78 is 0. The molecule has 0 aliphatic carbocycles. The molecule has 2 aliphatic heterocycles. The average Bonchev–Trinajstić information content (AvgIpc) is 2.63. The molecule has 0 aromatic heterocycles. The molecular formula is C20H33Cl2N3O. The SMILES string of the molecule is CC(CC(=O)Nc1ccccc1N1CCCCC1)C1CCCNC1.Cl.Cl. The van der Waals surface area contributed by atoms with Crippen LogP contribution in [-0.4, -0.2) is 32.1 Å². The predicted molar refractivity (Wildman–Crippen MR) is 115 cm³/mol. The van der Waals surface area contributed by atoms with Crippen LogP contribution in [0.1, 0.15) is 45.4 Å². The highest BCUT2D eigenvalue weighted by atomic mass is 35.5. The van der Waals surface area contributed by atoms with E-state index >= 15 is 0 Å². The number of nitrogens with one attached hydrogen (secondary N) is 2. The van der Waals surface area contributed by atoms with Gasteiger partial charge in [-0.1, -0.05) is 19.1 Å². The summed E-state index contributed by atoms with van der Waals surface area (Å²) in [4.78, 5) is 15.0. The molecule has 0 radical (unpaired) electrons. The Balaban J connectivity index is 0.00000169. The van der Waals surface area contributed by atoms with Crippen molar-refractivity contribution in [3.05, 3.63) is 24.3 Å². The first-order chi connectivity index (χ1) is 11.7. The van der Waals surface area contributed by atoms with Gasteiger partial charge in [0, 0.05) is 19.5 Å². The zero-order valence-corrected chi connectivity index (χ0v) is 17.3. The van der Waals surface area contributed by atoms with Gasteiger partial charge in [-0.15, -0.1) is 24.8 Å². The summed E-state index contributed by atoms with van der Waals surface area (Å²) in [5.41, 5.74) is 2.15. The molecule has 6 heteroatoms. The van der Waals surface area contributed by atoms with Gasteiger partial charge in [0.2, 0.25) is 5.91 Å². The summed E-state index contributed by atoms with van der Waals surface area (Å²) in [6.45, 7) is 6.58. The van der Waals surface area contributed by atoms with Crippen LogP contribution in [0, 0.1) is 11.8 Å². The van der Waals surface area contributed by atoms with Gasteiger partial charge in [-0.3, -0.25) is 4.79 Å². The fraction of sp³-hybridized carbons (Fsp3) is 0.650. The maximum atomic E-state index is 12.6. The standard InChI is InChI=1S/C20H31N3O.2ClH/c1-16(17-8-7-11-21-15-17)14-20(24)22-18-9-3-4-10-19(18)23-12-5-2-6-13-23;;/h3-4,9-10,16-17,21H,2,5-8,11-15H2,1H3,(H,22,24);2*1H. The summed E-state index contributed by atoms with van der Waals surface area (Å²) >= 11 is 0. The predicted octanol–water partition coefficient (Wildman–Crippen LogP) is 4.48. The molecule has 0 bridgehead atoms. The van der Waals surface area contributed by atoms with Crippen molar-refractivity contribution in [1.82, 2.24) is 5.32 Å². The molecule has 4 nitrogen and oxygen atoms in total. The molecule has 2 atom stereocenters. The fourth-order valence-corrected chi connectivity index (χ4v) is 4.01. The first kappa shape index (κ1) is 23.1. The minimum absolute atomic E-state index is 0. The maximum Gasteiger partial charge on any atom is 0.224 e. The van der Waals surface area contributed by atoms with Crippen molar-refractivity contribution in [3.8, 4) is 0 Å². The summed E-state index contributed by atoms with van der Waals surface area (Å²) in [5.74, 6) is 1.21. The maximum absolute atomic E-state index is 12.6. The van der Waals surface area contributed by atoms with Crippen LogP contribution in [0.4, 0.5) is 11.4 Å². The van der Waals surface area contributed by atoms with E-state index in [9.17, 15) is 4.79 Å². The third-order valence-electron chi connectivity index (χ3n) is 5.52. The Morgan fingerprint density at radius 1 is 1.19 bits per heavy atom. The van der Waals surface area contributed by atoms with Crippen molar-refractivity contribution in [2.45, 2.75) is 45.4 Å². The van der Waals surface area contributed by atoms with Crippen LogP contribution in [0.5, 0.6) is 0 Å². The number of para-hydroxylation sites is 2. The zero-order valence-electron chi connectivity index (χ0n) is 15.7. The number of carbonyl (C=O) groups is 1. The summed E-state index contributed by atoms with van der Waals surface area (Å²) in [6, 6.07) is 8.25. The van der Waals surface area contributed by atoms with E-state index in [1.165, 1.54) is 37.8 Å². The Bertz CT molecular complexity index is 544. The molecule has 26 heavy (non-hydrogen) atoms. The van der Waals surface area contributed by atoms with Gasteiger partial charge in [0.1, 0.15) is 0 Å². The highest BCUT2D eigenvalue weighted by Crippen LogP contribution is 2.29. The van der Waals surface area contributed by atoms with Crippen molar-refractivity contribution in [3.63, 3.8) is 0 Å². The van der Waals surface area contributed by atoms with Gasteiger partial charge < -0.3 is 15.5 Å². The number of amides is 1. The molecule has 1 aromatic carbocycles. The van der Waals surface area contributed by atoms with Crippen LogP contribution < -0.4 is 15.5 Å². The van der Waals surface area contributed by atoms with Crippen LogP contribution in [0.2, 0.25) is 0 Å². The third-order valence-corrected chi connectivity index (χ3v) is 5.52. The van der Waals surface area contributed by atoms with Gasteiger partial charge in [0.15, 0.2) is 0 Å². The fourth-order valence-electron chi connectivity index (χ4n) is 4.01. The molecule has 148 valence electrons. The topological polar surface area (TPSA) is 44.4 Å². The van der Waals surface area contributed by atoms with Crippen LogP contribution in [0.3, 0.4) is 0 Å². The summed E-state index contributed by atoms with van der Waals surface area (Å²) in [5, 5.41) is 6.63. The van der Waals surface area contributed by atoms with Gasteiger partial charge in [0.05, 0.1) is 11.4 Å². The number of nitrogens with zero attached hydrogens (tertiary/aromatic N) is 1. The molecule has 2 aliphatic rings. The Hall–Kier alpha value is -0.970. The van der Waals surface area contributed by atoms with E-state index in [-0.39, 0.29) is 30.7 Å². The minimum Gasteiger partial charge on any atom is -0.370 e. The number of halogens is 2. The van der Waals surface area contributed by atoms with E-state index < -0.39 is 0 Å². The van der Waals surface area contributed by atoms with E-state index in [1.807, 2.05) is 12.1 Å². The highest BCUT2D eigenvalue weighted by molar-refractivity contribution is 5.94. The molecule has 1 aromatic rings. The second kappa shape index (κ2) is 11.7. The van der Waals surface area contributed by atoms with Crippen LogP contribution in [0.15, 0.2) is 24.3 Å². The Morgan fingerprint density at radius 3 is 2.62 bits per heavy atom. The molecule has 2 unspecified atom stereocenters. The normalized spacial score (nSPS) is 21.1. The molecule has 0 saturated carbocycles. The number of benzene rings is 1. The van der Waals surface area contributed by atoms with Gasteiger partial charge in [0.25, 0.3) is 0 Å². The lowest BCUT2D eigenvalue weighted by atomic mass is 9.85. The number of anilines is 2. The second-order valence-electron chi connectivity index (χ2n) is 7.40. The van der Waals surface area contributed by atoms with Crippen LogP contribution in [0.25, 0.3) is 0 Å². The zero-order chi connectivity index (χ0) is 16.8. The number of carbonyl (C=O) groups excluding carboxylic acids is 1. The van der Waals surface area contributed by atoms with Crippen LogP contribution >= 0.6 is 24.8 Å². The van der Waals surface area contributed by atoms with Gasteiger partial charge in [-0.2, -0.15) is 0 Å². The molecule has 2 heterocycles. The Kier molecular flexibility index (Phi) is 10.4. The third kappa shape index (κ3) is 6.33. The van der Waals surface area contributed by atoms with E-state index in [1.54, 1.807) is 0 Å². The Labute approximate surface area is 170 Å². The highest BCUT2D eigenvalue weighted by Gasteiger charge is 2.23. The molecule has 2 saturated heterocycles. The van der Waals surface area contributed by atoms with E-state index in [2.05, 4.69) is 34.6 Å². The lowest BCUT2D eigenvalue weighted by Crippen LogP contribution is -2.34. The molecule has 1 amide bonds. The molecule has 2 N–H and O–H groups in total. The second-order valence-corrected chi connectivity index (χ2v) is 7.40. The summed E-state index contributed by atoms with van der Waals surface area (Å²) in [7, 11) is 0. The van der Waals surface area contributed by atoms with E-state index in [4.69, 9.17) is 0 Å². The van der Waals surface area contributed by atoms with Gasteiger partial charge >= 0.3 is 0 Å². The summed E-state index contributed by atoms with van der Waals surface area (Å²) in [6.07, 6.45) is 6.89. The van der Waals surface area contributed by atoms with Crippen LogP contribution in [-0.2, 0) is 4.79 Å². The van der Waals surface area contributed by atoms with Crippen molar-refractivity contribution >= 4 is 42.1 Å². The Morgan fingerprint density at radius 2 is 1.92 bits per heavy atom. The monoisotopic (exact) mass is 401 g/mol. The molecule has 3 rings (SSSR count). The number of rotatable bonds is 5. The van der Waals surface area contributed by atoms with Crippen molar-refractivity contribution in [1.29, 1.82) is 0 Å². The van der Waals surface area contributed by atoms with E-state index in [0.717, 1.165) is 31.9 Å². The van der Waals surface area contributed by atoms with Gasteiger partial charge in [-0.25, -0.2) is 0 Å². The lowest BCUT2D eigenvalue weighted by molar-refractivity contribution is -0.117. The largest absolute Gasteiger partial charge is 0.370 e. The first-order valence-electron chi connectivity index (χ1n) is 9.58.